The van der Waals surface area contributed by atoms with E-state index in [2.05, 4.69) is 0 Å². The fourth-order valence-electron chi connectivity index (χ4n) is 0.996. The molecule has 1 aliphatic heterocycles. The molecular weight excluding hydrogens is 176 g/mol. The van der Waals surface area contributed by atoms with E-state index >= 15 is 0 Å². The van der Waals surface area contributed by atoms with Crippen LogP contribution in [0.15, 0.2) is 0 Å². The van der Waals surface area contributed by atoms with E-state index in [1.165, 1.54) is 0 Å². The van der Waals surface area contributed by atoms with Crippen LogP contribution < -0.4 is 5.73 Å². The molecule has 1 heterocycles. The highest BCUT2D eigenvalue weighted by Gasteiger charge is 2.58. The first-order chi connectivity index (χ1) is 4.66. The molecule has 0 bridgehead atoms. The molecule has 66 valence electrons. The number of halogens is 2. The largest absolute Gasteiger partial charge is 0.318 e. The van der Waals surface area contributed by atoms with Gasteiger partial charge in [-0.2, -0.15) is 0 Å². The number of nitrogens with two attached hydrogens (primary N) is 1. The third-order valence-electron chi connectivity index (χ3n) is 1.83. The highest BCUT2D eigenvalue weighted by molar-refractivity contribution is 7.93. The summed E-state index contributed by atoms with van der Waals surface area (Å²) in [6.45, 7) is 0.641. The molecule has 1 saturated heterocycles. The van der Waals surface area contributed by atoms with Crippen molar-refractivity contribution in [3.8, 4) is 0 Å². The van der Waals surface area contributed by atoms with Gasteiger partial charge < -0.3 is 5.73 Å². The van der Waals surface area contributed by atoms with Gasteiger partial charge in [-0.1, -0.05) is 0 Å². The summed E-state index contributed by atoms with van der Waals surface area (Å²) < 4.78 is 46.1. The van der Waals surface area contributed by atoms with Crippen LogP contribution in [-0.2, 0) is 9.84 Å². The zero-order chi connectivity index (χ0) is 8.91. The molecule has 2 N–H and O–H groups in total. The number of hydrogen-bond acceptors (Lipinski definition) is 3. The van der Waals surface area contributed by atoms with E-state index in [4.69, 9.17) is 5.73 Å². The normalized spacial score (nSPS) is 27.6. The van der Waals surface area contributed by atoms with Crippen molar-refractivity contribution in [3.63, 3.8) is 0 Å². The van der Waals surface area contributed by atoms with E-state index in [9.17, 15) is 17.2 Å². The Morgan fingerprint density at radius 2 is 1.82 bits per heavy atom. The predicted molar refractivity (Wildman–Crippen MR) is 36.2 cm³/mol. The van der Waals surface area contributed by atoms with E-state index < -0.39 is 32.8 Å². The molecule has 0 amide bonds. The van der Waals surface area contributed by atoms with Crippen molar-refractivity contribution in [1.29, 1.82) is 0 Å². The summed E-state index contributed by atoms with van der Waals surface area (Å²) in [7, 11) is -3.28. The van der Waals surface area contributed by atoms with Gasteiger partial charge in [-0.25, -0.2) is 17.2 Å². The molecule has 0 aliphatic carbocycles. The molecule has 0 atom stereocenters. The summed E-state index contributed by atoms with van der Waals surface area (Å²) in [6.07, 6.45) is 0. The lowest BCUT2D eigenvalue weighted by atomic mass is 9.98. The molecule has 3 nitrogen and oxygen atoms in total. The summed E-state index contributed by atoms with van der Waals surface area (Å²) in [5.74, 6) is -4.33. The smallest absolute Gasteiger partial charge is 0.264 e. The van der Waals surface area contributed by atoms with Crippen molar-refractivity contribution in [3.05, 3.63) is 0 Å². The molecule has 0 aromatic rings. The van der Waals surface area contributed by atoms with Crippen molar-refractivity contribution >= 4 is 9.84 Å². The Labute approximate surface area is 63.5 Å². The van der Waals surface area contributed by atoms with Gasteiger partial charge in [0, 0.05) is 6.92 Å². The van der Waals surface area contributed by atoms with Crippen molar-refractivity contribution in [2.45, 2.75) is 18.4 Å². The summed E-state index contributed by atoms with van der Waals surface area (Å²) in [6, 6.07) is 0. The maximum atomic E-state index is 12.5. The molecule has 0 radical (unpaired) electrons. The van der Waals surface area contributed by atoms with Crippen LogP contribution in [0.3, 0.4) is 0 Å². The first-order valence-electron chi connectivity index (χ1n) is 3.03. The highest BCUT2D eigenvalue weighted by atomic mass is 32.2. The molecule has 0 saturated carbocycles. The molecule has 1 fully saturated rings. The van der Waals surface area contributed by atoms with Gasteiger partial charge in [0.1, 0.15) is 5.54 Å². The van der Waals surface area contributed by atoms with E-state index in [0.29, 0.717) is 6.92 Å². The molecule has 0 aromatic carbocycles. The maximum Gasteiger partial charge on any atom is 0.264 e. The Bertz CT molecular complexity index is 255. The van der Waals surface area contributed by atoms with Crippen LogP contribution in [0.1, 0.15) is 6.92 Å². The molecule has 1 rings (SSSR count). The topological polar surface area (TPSA) is 60.2 Å². The second-order valence-electron chi connectivity index (χ2n) is 3.08. The van der Waals surface area contributed by atoms with E-state index in [1.54, 1.807) is 0 Å². The summed E-state index contributed by atoms with van der Waals surface area (Å²) in [5, 5.41) is 0. The molecule has 11 heavy (non-hydrogen) atoms. The average Bonchev–Trinajstić information content (AvgIpc) is 1.55. The highest BCUT2D eigenvalue weighted by Crippen LogP contribution is 2.35. The van der Waals surface area contributed by atoms with Gasteiger partial charge in [0.15, 0.2) is 9.84 Å². The van der Waals surface area contributed by atoms with E-state index in [-0.39, 0.29) is 0 Å². The van der Waals surface area contributed by atoms with Crippen molar-refractivity contribution < 1.29 is 17.2 Å². The van der Waals surface area contributed by atoms with Gasteiger partial charge in [0.25, 0.3) is 5.92 Å². The third kappa shape index (κ3) is 1.37. The van der Waals surface area contributed by atoms with Gasteiger partial charge in [-0.15, -0.1) is 0 Å². The van der Waals surface area contributed by atoms with E-state index in [1.807, 2.05) is 0 Å². The minimum Gasteiger partial charge on any atom is -0.318 e. The number of alkyl halides is 2. The zero-order valence-electron chi connectivity index (χ0n) is 5.97. The molecule has 0 spiro atoms. The number of sulfone groups is 1. The Hall–Kier alpha value is -0.230. The van der Waals surface area contributed by atoms with Crippen LogP contribution in [0.5, 0.6) is 0 Å². The van der Waals surface area contributed by atoms with Crippen LogP contribution in [0.4, 0.5) is 8.78 Å². The monoisotopic (exact) mass is 185 g/mol. The zero-order valence-corrected chi connectivity index (χ0v) is 6.79. The average molecular weight is 185 g/mol. The predicted octanol–water partition coefficient (Wildman–Crippen LogP) is -0.232. The van der Waals surface area contributed by atoms with Crippen molar-refractivity contribution in [2.75, 3.05) is 11.5 Å². The van der Waals surface area contributed by atoms with Crippen molar-refractivity contribution in [1.82, 2.24) is 0 Å². The quantitative estimate of drug-likeness (QED) is 0.613. The first-order valence-corrected chi connectivity index (χ1v) is 4.86. The molecule has 0 unspecified atom stereocenters. The Morgan fingerprint density at radius 3 is 1.91 bits per heavy atom. The van der Waals surface area contributed by atoms with Gasteiger partial charge >= 0.3 is 0 Å². The van der Waals surface area contributed by atoms with Crippen LogP contribution in [0.25, 0.3) is 0 Å². The molecule has 1 aliphatic rings. The van der Waals surface area contributed by atoms with Crippen molar-refractivity contribution in [2.24, 2.45) is 5.73 Å². The Balaban J connectivity index is 2.79. The van der Waals surface area contributed by atoms with Gasteiger partial charge in [0.2, 0.25) is 0 Å². The number of hydrogen-bond donors (Lipinski definition) is 1. The SMILES string of the molecule is CC(F)(F)C1(N)CS(=O)(=O)C1. The minimum absolute atomic E-state index is 0.608. The number of rotatable bonds is 1. The van der Waals surface area contributed by atoms with Gasteiger partial charge in [-0.3, -0.25) is 0 Å². The summed E-state index contributed by atoms with van der Waals surface area (Å²) in [4.78, 5) is 0. The van der Waals surface area contributed by atoms with Crippen LogP contribution in [0, 0.1) is 0 Å². The Morgan fingerprint density at radius 1 is 1.45 bits per heavy atom. The van der Waals surface area contributed by atoms with E-state index in [0.717, 1.165) is 0 Å². The van der Waals surface area contributed by atoms with Gasteiger partial charge in [0.05, 0.1) is 11.5 Å². The summed E-state index contributed by atoms with van der Waals surface area (Å²) >= 11 is 0. The lowest BCUT2D eigenvalue weighted by Crippen LogP contribution is -2.70. The first kappa shape index (κ1) is 8.86. The molecular formula is C5H9F2NO2S. The second kappa shape index (κ2) is 1.92. The lowest BCUT2D eigenvalue weighted by Gasteiger charge is -2.41. The fourth-order valence-corrected chi connectivity index (χ4v) is 2.99. The standard InChI is InChI=1S/C5H9F2NO2S/c1-4(6,7)5(8)2-11(9,10)3-5/h2-3,8H2,1H3. The second-order valence-corrected chi connectivity index (χ2v) is 5.14. The molecule has 0 aromatic heterocycles. The van der Waals surface area contributed by atoms with Crippen LogP contribution in [-0.4, -0.2) is 31.4 Å². The van der Waals surface area contributed by atoms with Gasteiger partial charge in [-0.05, 0) is 0 Å². The van der Waals surface area contributed by atoms with Crippen LogP contribution in [0.2, 0.25) is 0 Å². The summed E-state index contributed by atoms with van der Waals surface area (Å²) in [5.41, 5.74) is 3.30. The maximum absolute atomic E-state index is 12.5. The fraction of sp³-hybridized carbons (Fsp3) is 1.00. The lowest BCUT2D eigenvalue weighted by molar-refractivity contribution is -0.0446. The van der Waals surface area contributed by atoms with Crippen LogP contribution >= 0.6 is 0 Å². The Kier molecular flexibility index (Phi) is 1.55. The third-order valence-corrected chi connectivity index (χ3v) is 3.74. The molecule has 6 heteroatoms. The minimum atomic E-state index is -3.28.